The lowest BCUT2D eigenvalue weighted by Crippen LogP contribution is -2.52. The maximum absolute atomic E-state index is 12.3. The van der Waals surface area contributed by atoms with Crippen molar-refractivity contribution in [1.82, 2.24) is 15.5 Å². The largest absolute Gasteiger partial charge is 0.337 e. The molecule has 2 N–H and O–H groups in total. The molecule has 2 aliphatic rings. The third-order valence-corrected chi connectivity index (χ3v) is 4.86. The average molecular weight is 292 g/mol. The van der Waals surface area contributed by atoms with Crippen LogP contribution in [0.2, 0.25) is 0 Å². The Kier molecular flexibility index (Phi) is 6.01. The lowest BCUT2D eigenvalue weighted by Gasteiger charge is -2.33. The van der Waals surface area contributed by atoms with Gasteiger partial charge < -0.3 is 10.6 Å². The van der Waals surface area contributed by atoms with E-state index in [2.05, 4.69) is 21.6 Å². The highest BCUT2D eigenvalue weighted by Crippen LogP contribution is 2.27. The molecule has 5 heteroatoms. The van der Waals surface area contributed by atoms with Gasteiger partial charge in [0.1, 0.15) is 5.54 Å². The van der Waals surface area contributed by atoms with Gasteiger partial charge in [-0.1, -0.05) is 19.3 Å². The van der Waals surface area contributed by atoms with E-state index in [-0.39, 0.29) is 5.91 Å². The maximum Gasteiger partial charge on any atom is 0.235 e. The Morgan fingerprint density at radius 1 is 1.29 bits per heavy atom. The number of amides is 1. The molecule has 1 heterocycles. The van der Waals surface area contributed by atoms with Gasteiger partial charge in [-0.25, -0.2) is 0 Å². The van der Waals surface area contributed by atoms with Gasteiger partial charge in [0.15, 0.2) is 0 Å². The van der Waals surface area contributed by atoms with E-state index in [0.717, 1.165) is 51.6 Å². The number of carbonyl (C=O) groups is 1. The second kappa shape index (κ2) is 7.77. The molecule has 1 aliphatic carbocycles. The molecule has 118 valence electrons. The van der Waals surface area contributed by atoms with E-state index in [1.165, 1.54) is 12.8 Å². The van der Waals surface area contributed by atoms with Gasteiger partial charge in [-0.2, -0.15) is 5.26 Å². The van der Waals surface area contributed by atoms with Crippen molar-refractivity contribution in [3.8, 4) is 6.07 Å². The standard InChI is InChI=1S/C16H28N4O/c1-20(14-6-5-10-18-11-7-14)12-15(21)19-16(13-17)8-3-2-4-9-16/h14,18H,2-12H2,1H3,(H,19,21). The van der Waals surface area contributed by atoms with E-state index in [1.807, 2.05) is 7.05 Å². The monoisotopic (exact) mass is 292 g/mol. The molecular formula is C16H28N4O. The molecule has 5 nitrogen and oxygen atoms in total. The Morgan fingerprint density at radius 2 is 2.05 bits per heavy atom. The summed E-state index contributed by atoms with van der Waals surface area (Å²) in [5.41, 5.74) is -0.610. The topological polar surface area (TPSA) is 68.2 Å². The van der Waals surface area contributed by atoms with E-state index in [9.17, 15) is 10.1 Å². The van der Waals surface area contributed by atoms with E-state index in [4.69, 9.17) is 0 Å². The zero-order chi connectivity index (χ0) is 15.1. The lowest BCUT2D eigenvalue weighted by atomic mass is 9.83. The van der Waals surface area contributed by atoms with Crippen molar-refractivity contribution >= 4 is 5.91 Å². The molecule has 0 aromatic carbocycles. The summed E-state index contributed by atoms with van der Waals surface area (Å²) < 4.78 is 0. The highest BCUT2D eigenvalue weighted by atomic mass is 16.2. The van der Waals surface area contributed by atoms with Crippen molar-refractivity contribution in [2.45, 2.75) is 62.9 Å². The summed E-state index contributed by atoms with van der Waals surface area (Å²) in [6, 6.07) is 2.82. The normalized spacial score (nSPS) is 25.9. The van der Waals surface area contributed by atoms with Crippen LogP contribution in [-0.4, -0.2) is 49.1 Å². The first kappa shape index (κ1) is 16.3. The fourth-order valence-electron chi connectivity index (χ4n) is 3.52. The number of hydrogen-bond donors (Lipinski definition) is 2. The van der Waals surface area contributed by atoms with E-state index >= 15 is 0 Å². The smallest absolute Gasteiger partial charge is 0.235 e. The minimum absolute atomic E-state index is 0.00171. The molecule has 1 unspecified atom stereocenters. The van der Waals surface area contributed by atoms with Crippen LogP contribution in [-0.2, 0) is 4.79 Å². The van der Waals surface area contributed by atoms with Crippen molar-refractivity contribution in [1.29, 1.82) is 5.26 Å². The molecule has 2 fully saturated rings. The Balaban J connectivity index is 1.84. The zero-order valence-corrected chi connectivity index (χ0v) is 13.2. The number of likely N-dealkylation sites (N-methyl/N-ethyl adjacent to an activating group) is 1. The van der Waals surface area contributed by atoms with Gasteiger partial charge in [-0.15, -0.1) is 0 Å². The summed E-state index contributed by atoms with van der Waals surface area (Å²) in [5.74, 6) is -0.00171. The molecule has 0 spiro atoms. The van der Waals surface area contributed by atoms with Crippen LogP contribution in [0.4, 0.5) is 0 Å². The van der Waals surface area contributed by atoms with Crippen LogP contribution in [0.1, 0.15) is 51.4 Å². The van der Waals surface area contributed by atoms with E-state index in [0.29, 0.717) is 12.6 Å². The predicted octanol–water partition coefficient (Wildman–Crippen LogP) is 1.40. The van der Waals surface area contributed by atoms with Crippen LogP contribution in [0.25, 0.3) is 0 Å². The van der Waals surface area contributed by atoms with Gasteiger partial charge in [0.25, 0.3) is 0 Å². The number of nitrogens with zero attached hydrogens (tertiary/aromatic N) is 2. The van der Waals surface area contributed by atoms with Crippen LogP contribution in [0.3, 0.4) is 0 Å². The fourth-order valence-corrected chi connectivity index (χ4v) is 3.52. The molecule has 0 aromatic rings. The third kappa shape index (κ3) is 4.69. The Hall–Kier alpha value is -1.12. The van der Waals surface area contributed by atoms with Crippen molar-refractivity contribution in [2.24, 2.45) is 0 Å². The average Bonchev–Trinajstić information content (AvgIpc) is 2.77. The van der Waals surface area contributed by atoms with Gasteiger partial charge in [-0.05, 0) is 52.2 Å². The summed E-state index contributed by atoms with van der Waals surface area (Å²) in [7, 11) is 2.02. The number of nitriles is 1. The second-order valence-electron chi connectivity index (χ2n) is 6.55. The molecule has 1 atom stereocenters. The first-order valence-corrected chi connectivity index (χ1v) is 8.28. The van der Waals surface area contributed by atoms with E-state index in [1.54, 1.807) is 0 Å². The lowest BCUT2D eigenvalue weighted by molar-refractivity contribution is -0.124. The summed E-state index contributed by atoms with van der Waals surface area (Å²) in [5, 5.41) is 15.8. The quantitative estimate of drug-likeness (QED) is 0.822. The van der Waals surface area contributed by atoms with E-state index < -0.39 is 5.54 Å². The summed E-state index contributed by atoms with van der Waals surface area (Å²) in [6.07, 6.45) is 8.24. The number of rotatable bonds is 4. The molecule has 1 saturated carbocycles. The van der Waals surface area contributed by atoms with Crippen LogP contribution < -0.4 is 10.6 Å². The fraction of sp³-hybridized carbons (Fsp3) is 0.875. The summed E-state index contributed by atoms with van der Waals surface area (Å²) >= 11 is 0. The Morgan fingerprint density at radius 3 is 2.76 bits per heavy atom. The van der Waals surface area contributed by atoms with Crippen molar-refractivity contribution in [3.63, 3.8) is 0 Å². The molecule has 0 bridgehead atoms. The number of nitrogens with one attached hydrogen (secondary N) is 2. The maximum atomic E-state index is 12.3. The van der Waals surface area contributed by atoms with Gasteiger partial charge in [-0.3, -0.25) is 9.69 Å². The SMILES string of the molecule is CN(CC(=O)NC1(C#N)CCCCC1)C1CCCNCC1. The van der Waals surface area contributed by atoms with Gasteiger partial charge in [0.05, 0.1) is 12.6 Å². The molecule has 0 radical (unpaired) electrons. The molecule has 1 amide bonds. The second-order valence-corrected chi connectivity index (χ2v) is 6.55. The van der Waals surface area contributed by atoms with Gasteiger partial charge >= 0.3 is 0 Å². The van der Waals surface area contributed by atoms with Crippen LogP contribution in [0.5, 0.6) is 0 Å². The number of hydrogen-bond acceptors (Lipinski definition) is 4. The minimum atomic E-state index is -0.610. The van der Waals surface area contributed by atoms with Crippen molar-refractivity contribution in [2.75, 3.05) is 26.7 Å². The molecule has 21 heavy (non-hydrogen) atoms. The van der Waals surface area contributed by atoms with Crippen molar-refractivity contribution < 1.29 is 4.79 Å². The first-order chi connectivity index (χ1) is 10.2. The summed E-state index contributed by atoms with van der Waals surface area (Å²) in [4.78, 5) is 14.4. The Labute approximate surface area is 128 Å². The zero-order valence-electron chi connectivity index (χ0n) is 13.2. The van der Waals surface area contributed by atoms with Gasteiger partial charge in [0.2, 0.25) is 5.91 Å². The number of carbonyl (C=O) groups excluding carboxylic acids is 1. The molecular weight excluding hydrogens is 264 g/mol. The van der Waals surface area contributed by atoms with Crippen LogP contribution >= 0.6 is 0 Å². The molecule has 0 aromatic heterocycles. The predicted molar refractivity (Wildman–Crippen MR) is 82.7 cm³/mol. The highest BCUT2D eigenvalue weighted by Gasteiger charge is 2.34. The minimum Gasteiger partial charge on any atom is -0.337 e. The molecule has 2 rings (SSSR count). The van der Waals surface area contributed by atoms with Crippen molar-refractivity contribution in [3.05, 3.63) is 0 Å². The van der Waals surface area contributed by atoms with Crippen LogP contribution in [0.15, 0.2) is 0 Å². The Bertz CT molecular complexity index is 376. The third-order valence-electron chi connectivity index (χ3n) is 4.86. The molecule has 1 saturated heterocycles. The van der Waals surface area contributed by atoms with Gasteiger partial charge in [0, 0.05) is 6.04 Å². The van der Waals surface area contributed by atoms with Crippen LogP contribution in [0, 0.1) is 11.3 Å². The summed E-state index contributed by atoms with van der Waals surface area (Å²) in [6.45, 7) is 2.50. The highest BCUT2D eigenvalue weighted by molar-refractivity contribution is 5.79. The first-order valence-electron chi connectivity index (χ1n) is 8.28. The molecule has 1 aliphatic heterocycles.